The summed E-state index contributed by atoms with van der Waals surface area (Å²) >= 11 is 0. The van der Waals surface area contributed by atoms with E-state index >= 15 is 0 Å². The molecule has 0 spiro atoms. The van der Waals surface area contributed by atoms with Gasteiger partial charge in [0.1, 0.15) is 5.75 Å². The van der Waals surface area contributed by atoms with Crippen molar-refractivity contribution >= 4 is 10.8 Å². The van der Waals surface area contributed by atoms with Crippen LogP contribution in [0.25, 0.3) is 0 Å². The first kappa shape index (κ1) is 15.5. The first-order valence-corrected chi connectivity index (χ1v) is 8.49. The van der Waals surface area contributed by atoms with Crippen molar-refractivity contribution in [2.24, 2.45) is 0 Å². The number of benzene rings is 1. The Morgan fingerprint density at radius 2 is 2.00 bits per heavy atom. The molecule has 1 saturated heterocycles. The molecule has 0 N–H and O–H groups in total. The van der Waals surface area contributed by atoms with Gasteiger partial charge in [0.05, 0.1) is 11.9 Å². The molecule has 4 heteroatoms. The molecule has 0 aromatic heterocycles. The maximum absolute atomic E-state index is 12.0. The molecule has 112 valence electrons. The summed E-state index contributed by atoms with van der Waals surface area (Å²) in [5.74, 6) is 2.17. The number of hydrogen-bond donors (Lipinski definition) is 0. The highest BCUT2D eigenvalue weighted by Crippen LogP contribution is 2.24. The second-order valence-corrected chi connectivity index (χ2v) is 8.42. The zero-order valence-electron chi connectivity index (χ0n) is 12.9. The Kier molecular flexibility index (Phi) is 4.86. The fourth-order valence-corrected chi connectivity index (χ4v) is 4.06. The predicted octanol–water partition coefficient (Wildman–Crippen LogP) is 2.64. The van der Waals surface area contributed by atoms with Gasteiger partial charge in [-0.15, -0.1) is 0 Å². The molecular weight excluding hydrogens is 270 g/mol. The van der Waals surface area contributed by atoms with E-state index in [0.29, 0.717) is 5.92 Å². The van der Waals surface area contributed by atoms with Gasteiger partial charge in [-0.05, 0) is 37.5 Å². The van der Waals surface area contributed by atoms with Gasteiger partial charge >= 0.3 is 0 Å². The molecule has 0 aliphatic carbocycles. The van der Waals surface area contributed by atoms with Crippen LogP contribution in [-0.2, 0) is 10.8 Å². The van der Waals surface area contributed by atoms with E-state index < -0.39 is 10.8 Å². The lowest BCUT2D eigenvalue weighted by molar-refractivity contribution is 0.244. The molecule has 2 rings (SSSR count). The lowest BCUT2D eigenvalue weighted by Gasteiger charge is -2.38. The first-order valence-electron chi connectivity index (χ1n) is 7.17. The van der Waals surface area contributed by atoms with Crippen LogP contribution in [0.5, 0.6) is 5.75 Å². The van der Waals surface area contributed by atoms with Crippen LogP contribution in [0.1, 0.15) is 32.3 Å². The van der Waals surface area contributed by atoms with Crippen LogP contribution in [0, 0.1) is 0 Å². The molecule has 1 heterocycles. The number of rotatable bonds is 4. The minimum absolute atomic E-state index is 0.0854. The van der Waals surface area contributed by atoms with Gasteiger partial charge in [-0.2, -0.15) is 0 Å². The molecule has 0 bridgehead atoms. The van der Waals surface area contributed by atoms with Gasteiger partial charge in [0.2, 0.25) is 0 Å². The summed E-state index contributed by atoms with van der Waals surface area (Å²) in [6, 6.07) is 8.30. The van der Waals surface area contributed by atoms with Crippen LogP contribution in [0.3, 0.4) is 0 Å². The Morgan fingerprint density at radius 3 is 2.55 bits per heavy atom. The average Bonchev–Trinajstić information content (AvgIpc) is 2.42. The maximum atomic E-state index is 12.0. The van der Waals surface area contributed by atoms with Crippen LogP contribution >= 0.6 is 0 Å². The van der Waals surface area contributed by atoms with Gasteiger partial charge in [-0.25, -0.2) is 0 Å². The first-order chi connectivity index (χ1) is 9.42. The van der Waals surface area contributed by atoms with Crippen molar-refractivity contribution in [2.75, 3.05) is 32.5 Å². The monoisotopic (exact) mass is 295 g/mol. The van der Waals surface area contributed by atoms with Gasteiger partial charge < -0.3 is 9.64 Å². The van der Waals surface area contributed by atoms with Crippen molar-refractivity contribution in [1.82, 2.24) is 4.90 Å². The summed E-state index contributed by atoms with van der Waals surface area (Å²) in [5, 5.41) is 0. The normalized spacial score (nSPS) is 24.3. The average molecular weight is 295 g/mol. The molecule has 0 saturated carbocycles. The summed E-state index contributed by atoms with van der Waals surface area (Å²) < 4.78 is 17.1. The third-order valence-electron chi connectivity index (χ3n) is 4.03. The summed E-state index contributed by atoms with van der Waals surface area (Å²) in [4.78, 5) is 2.44. The predicted molar refractivity (Wildman–Crippen MR) is 84.9 cm³/mol. The third-order valence-corrected chi connectivity index (χ3v) is 5.95. The highest BCUT2D eigenvalue weighted by molar-refractivity contribution is 7.86. The van der Waals surface area contributed by atoms with Crippen LogP contribution in [-0.4, -0.2) is 46.4 Å². The second kappa shape index (κ2) is 6.27. The van der Waals surface area contributed by atoms with Crippen molar-refractivity contribution in [3.8, 4) is 5.75 Å². The topological polar surface area (TPSA) is 29.5 Å². The van der Waals surface area contributed by atoms with E-state index in [4.69, 9.17) is 4.74 Å². The number of methoxy groups -OCH3 is 1. The fraction of sp³-hybridized carbons (Fsp3) is 0.625. The van der Waals surface area contributed by atoms with Gasteiger partial charge in [0.15, 0.2) is 0 Å². The Morgan fingerprint density at radius 1 is 1.35 bits per heavy atom. The van der Waals surface area contributed by atoms with Crippen LogP contribution < -0.4 is 4.74 Å². The highest BCUT2D eigenvalue weighted by atomic mass is 32.2. The van der Waals surface area contributed by atoms with E-state index in [9.17, 15) is 4.21 Å². The minimum atomic E-state index is -0.693. The molecule has 1 aromatic carbocycles. The van der Waals surface area contributed by atoms with Gasteiger partial charge in [-0.1, -0.05) is 19.1 Å². The Hall–Kier alpha value is -0.870. The molecule has 20 heavy (non-hydrogen) atoms. The molecular formula is C16H25NO2S. The maximum Gasteiger partial charge on any atom is 0.118 e. The van der Waals surface area contributed by atoms with Crippen molar-refractivity contribution in [2.45, 2.75) is 31.4 Å². The van der Waals surface area contributed by atoms with Crippen LogP contribution in [0.2, 0.25) is 0 Å². The van der Waals surface area contributed by atoms with Crippen molar-refractivity contribution in [3.05, 3.63) is 29.8 Å². The fourth-order valence-electron chi connectivity index (χ4n) is 2.76. The lowest BCUT2D eigenvalue weighted by atomic mass is 10.00. The lowest BCUT2D eigenvalue weighted by Crippen LogP contribution is -2.50. The molecule has 0 radical (unpaired) electrons. The molecule has 2 atom stereocenters. The van der Waals surface area contributed by atoms with Crippen molar-refractivity contribution in [1.29, 1.82) is 0 Å². The molecule has 0 unspecified atom stereocenters. The molecule has 1 aromatic rings. The quantitative estimate of drug-likeness (QED) is 0.855. The summed E-state index contributed by atoms with van der Waals surface area (Å²) in [6.07, 6.45) is 0. The smallest absolute Gasteiger partial charge is 0.118 e. The molecule has 1 aliphatic rings. The number of nitrogens with zero attached hydrogens (tertiary/aromatic N) is 1. The summed E-state index contributed by atoms with van der Waals surface area (Å²) in [7, 11) is 0.996. The van der Waals surface area contributed by atoms with Gasteiger partial charge in [0, 0.05) is 36.2 Å². The Bertz CT molecular complexity index is 470. The zero-order chi connectivity index (χ0) is 14.8. The second-order valence-electron chi connectivity index (χ2n) is 6.22. The van der Waals surface area contributed by atoms with Crippen molar-refractivity contribution < 1.29 is 8.95 Å². The highest BCUT2D eigenvalue weighted by Gasteiger charge is 2.33. The van der Waals surface area contributed by atoms with Crippen LogP contribution in [0.4, 0.5) is 0 Å². The van der Waals surface area contributed by atoms with E-state index in [0.717, 1.165) is 31.1 Å². The minimum Gasteiger partial charge on any atom is -0.497 e. The Labute approximate surface area is 124 Å². The van der Waals surface area contributed by atoms with E-state index in [1.807, 2.05) is 12.1 Å². The van der Waals surface area contributed by atoms with E-state index in [1.165, 1.54) is 5.56 Å². The van der Waals surface area contributed by atoms with E-state index in [1.54, 1.807) is 7.11 Å². The Balaban J connectivity index is 1.97. The van der Waals surface area contributed by atoms with E-state index in [-0.39, 0.29) is 4.75 Å². The van der Waals surface area contributed by atoms with E-state index in [2.05, 4.69) is 37.8 Å². The zero-order valence-corrected chi connectivity index (χ0v) is 13.7. The molecule has 0 amide bonds. The van der Waals surface area contributed by atoms with Crippen LogP contribution in [0.15, 0.2) is 24.3 Å². The van der Waals surface area contributed by atoms with Crippen molar-refractivity contribution in [3.63, 3.8) is 0 Å². The number of hydrogen-bond acceptors (Lipinski definition) is 3. The molecule has 1 aliphatic heterocycles. The third kappa shape index (κ3) is 3.61. The molecule has 1 fully saturated rings. The summed E-state index contributed by atoms with van der Waals surface area (Å²) in [5.41, 5.74) is 1.33. The van der Waals surface area contributed by atoms with Gasteiger partial charge in [-0.3, -0.25) is 4.21 Å². The number of ether oxygens (including phenoxy) is 1. The summed E-state index contributed by atoms with van der Waals surface area (Å²) in [6.45, 7) is 9.34. The standard InChI is InChI=1S/C16H25NO2S/c1-13(14-5-7-15(19-4)8-6-14)11-17-9-10-20(18)16(2,3)12-17/h5-8,13H,9-12H2,1-4H3/t13-,20-/m1/s1. The molecule has 3 nitrogen and oxygen atoms in total. The van der Waals surface area contributed by atoms with Gasteiger partial charge in [0.25, 0.3) is 0 Å². The SMILES string of the molecule is COc1ccc([C@H](C)CN2CC[S@@](=O)C(C)(C)C2)cc1. The largest absolute Gasteiger partial charge is 0.497 e.